The number of nitrogens with zero attached hydrogens (tertiary/aromatic N) is 1. The fourth-order valence-electron chi connectivity index (χ4n) is 3.88. The molecule has 3 nitrogen and oxygen atoms in total. The average molecular weight is 452 g/mol. The number of rotatable bonds is 14. The molecule has 0 amide bonds. The van der Waals surface area contributed by atoms with Gasteiger partial charge in [-0.15, -0.1) is 11.3 Å². The average Bonchev–Trinajstić information content (AvgIpc) is 3.24. The van der Waals surface area contributed by atoms with E-state index < -0.39 is 0 Å². The van der Waals surface area contributed by atoms with E-state index in [9.17, 15) is 4.79 Å². The zero-order valence-electron chi connectivity index (χ0n) is 19.7. The van der Waals surface area contributed by atoms with Crippen molar-refractivity contribution < 1.29 is 9.53 Å². The van der Waals surface area contributed by atoms with Gasteiger partial charge in [-0.25, -0.2) is 9.78 Å². The lowest BCUT2D eigenvalue weighted by molar-refractivity contribution is 0.0498. The standard InChI is InChI=1S/C28H37NO2S/c1-3-5-7-9-10-11-13-22-14-19-25-26(21-22)32-27(29-25)23-15-17-24(18-16-23)28(30)31-20-12-8-6-4-2/h14-19,21H,3-13,20H2,1-2H3. The third-order valence-corrected chi connectivity index (χ3v) is 6.94. The van der Waals surface area contributed by atoms with Crippen LogP contribution in [0.25, 0.3) is 20.8 Å². The van der Waals surface area contributed by atoms with Gasteiger partial charge < -0.3 is 4.74 Å². The van der Waals surface area contributed by atoms with Crippen LogP contribution in [0, 0.1) is 0 Å². The summed E-state index contributed by atoms with van der Waals surface area (Å²) in [6.07, 6.45) is 13.5. The summed E-state index contributed by atoms with van der Waals surface area (Å²) in [7, 11) is 0. The highest BCUT2D eigenvalue weighted by molar-refractivity contribution is 7.21. The molecule has 0 radical (unpaired) electrons. The number of aryl methyl sites for hydroxylation is 1. The molecule has 0 aliphatic rings. The molecule has 3 rings (SSSR count). The number of hydrogen-bond acceptors (Lipinski definition) is 4. The number of aromatic nitrogens is 1. The van der Waals surface area contributed by atoms with Crippen LogP contribution >= 0.6 is 11.3 Å². The number of carbonyl (C=O) groups is 1. The lowest BCUT2D eigenvalue weighted by Gasteiger charge is -2.05. The predicted molar refractivity (Wildman–Crippen MR) is 137 cm³/mol. The van der Waals surface area contributed by atoms with Crippen LogP contribution in [0.3, 0.4) is 0 Å². The Hall–Kier alpha value is -2.20. The summed E-state index contributed by atoms with van der Waals surface area (Å²) in [5.74, 6) is -0.239. The second kappa shape index (κ2) is 13.4. The molecule has 1 heterocycles. The molecule has 0 atom stereocenters. The smallest absolute Gasteiger partial charge is 0.338 e. The fourth-order valence-corrected chi connectivity index (χ4v) is 4.92. The quantitative estimate of drug-likeness (QED) is 0.182. The molecule has 0 aliphatic carbocycles. The first-order valence-corrected chi connectivity index (χ1v) is 13.2. The van der Waals surface area contributed by atoms with Crippen LogP contribution in [-0.2, 0) is 11.2 Å². The number of esters is 1. The second-order valence-electron chi connectivity index (χ2n) is 8.61. The first-order valence-electron chi connectivity index (χ1n) is 12.4. The van der Waals surface area contributed by atoms with Gasteiger partial charge in [0, 0.05) is 5.56 Å². The molecule has 2 aromatic carbocycles. The molecule has 0 bridgehead atoms. The summed E-state index contributed by atoms with van der Waals surface area (Å²) in [6, 6.07) is 14.3. The summed E-state index contributed by atoms with van der Waals surface area (Å²) in [5.41, 5.74) is 4.10. The minimum absolute atomic E-state index is 0.239. The minimum Gasteiger partial charge on any atom is -0.462 e. The first-order chi connectivity index (χ1) is 15.7. The summed E-state index contributed by atoms with van der Waals surface area (Å²) in [4.78, 5) is 17.0. The Morgan fingerprint density at radius 1 is 0.844 bits per heavy atom. The second-order valence-corrected chi connectivity index (χ2v) is 9.64. The summed E-state index contributed by atoms with van der Waals surface area (Å²) in [6.45, 7) is 4.94. The fraction of sp³-hybridized carbons (Fsp3) is 0.500. The van der Waals surface area contributed by atoms with Gasteiger partial charge in [-0.1, -0.05) is 83.4 Å². The van der Waals surface area contributed by atoms with E-state index in [-0.39, 0.29) is 5.97 Å². The molecule has 0 aliphatic heterocycles. The van der Waals surface area contributed by atoms with Crippen molar-refractivity contribution in [2.45, 2.75) is 84.5 Å². The highest BCUT2D eigenvalue weighted by Crippen LogP contribution is 2.31. The van der Waals surface area contributed by atoms with Crippen LogP contribution in [0.4, 0.5) is 0 Å². The minimum atomic E-state index is -0.239. The van der Waals surface area contributed by atoms with Crippen LogP contribution in [0.2, 0.25) is 0 Å². The predicted octanol–water partition coefficient (Wildman–Crippen LogP) is 8.60. The zero-order chi connectivity index (χ0) is 22.6. The maximum absolute atomic E-state index is 12.2. The van der Waals surface area contributed by atoms with E-state index in [4.69, 9.17) is 9.72 Å². The Bertz CT molecular complexity index is 961. The van der Waals surface area contributed by atoms with Gasteiger partial charge in [0.05, 0.1) is 22.4 Å². The van der Waals surface area contributed by atoms with Crippen molar-refractivity contribution in [2.75, 3.05) is 6.61 Å². The van der Waals surface area contributed by atoms with Gasteiger partial charge in [-0.3, -0.25) is 0 Å². The van der Waals surface area contributed by atoms with E-state index >= 15 is 0 Å². The van der Waals surface area contributed by atoms with E-state index in [2.05, 4.69) is 32.0 Å². The Kier molecular flexibility index (Phi) is 10.2. The normalized spacial score (nSPS) is 11.2. The molecule has 4 heteroatoms. The molecule has 1 aromatic heterocycles. The lowest BCUT2D eigenvalue weighted by atomic mass is 10.0. The molecule has 0 unspecified atom stereocenters. The zero-order valence-corrected chi connectivity index (χ0v) is 20.5. The van der Waals surface area contributed by atoms with Crippen molar-refractivity contribution in [2.24, 2.45) is 0 Å². The molecule has 0 saturated heterocycles. The van der Waals surface area contributed by atoms with Crippen LogP contribution in [0.5, 0.6) is 0 Å². The molecular formula is C28H37NO2S. The number of hydrogen-bond donors (Lipinski definition) is 0. The van der Waals surface area contributed by atoms with E-state index in [0.29, 0.717) is 12.2 Å². The third kappa shape index (κ3) is 7.44. The molecule has 0 fully saturated rings. The molecular weight excluding hydrogens is 414 g/mol. The summed E-state index contributed by atoms with van der Waals surface area (Å²) < 4.78 is 6.62. The van der Waals surface area contributed by atoms with Crippen LogP contribution < -0.4 is 0 Å². The summed E-state index contributed by atoms with van der Waals surface area (Å²) >= 11 is 1.72. The molecule has 0 spiro atoms. The maximum atomic E-state index is 12.2. The lowest BCUT2D eigenvalue weighted by Crippen LogP contribution is -2.06. The maximum Gasteiger partial charge on any atom is 0.338 e. The number of ether oxygens (including phenoxy) is 1. The van der Waals surface area contributed by atoms with Crippen molar-refractivity contribution in [1.82, 2.24) is 4.98 Å². The molecule has 3 aromatic rings. The van der Waals surface area contributed by atoms with Gasteiger partial charge in [-0.05, 0) is 49.1 Å². The van der Waals surface area contributed by atoms with Crippen molar-refractivity contribution in [3.63, 3.8) is 0 Å². The van der Waals surface area contributed by atoms with Crippen LogP contribution in [-0.4, -0.2) is 17.6 Å². The van der Waals surface area contributed by atoms with Gasteiger partial charge in [-0.2, -0.15) is 0 Å². The molecule has 172 valence electrons. The third-order valence-electron chi connectivity index (χ3n) is 5.87. The highest BCUT2D eigenvalue weighted by atomic mass is 32.1. The molecule has 0 saturated carbocycles. The Labute approximate surface area is 197 Å². The van der Waals surface area contributed by atoms with E-state index in [0.717, 1.165) is 35.4 Å². The van der Waals surface area contributed by atoms with Crippen molar-refractivity contribution in [3.8, 4) is 10.6 Å². The van der Waals surface area contributed by atoms with Crippen molar-refractivity contribution in [1.29, 1.82) is 0 Å². The number of benzene rings is 2. The summed E-state index contributed by atoms with van der Waals surface area (Å²) in [5, 5.41) is 0.996. The topological polar surface area (TPSA) is 39.2 Å². The molecule has 0 N–H and O–H groups in total. The van der Waals surface area contributed by atoms with Gasteiger partial charge >= 0.3 is 5.97 Å². The van der Waals surface area contributed by atoms with Crippen LogP contribution in [0.1, 0.15) is 94.0 Å². The Morgan fingerprint density at radius 2 is 1.53 bits per heavy atom. The number of unbranched alkanes of at least 4 members (excludes halogenated alkanes) is 8. The Morgan fingerprint density at radius 3 is 2.28 bits per heavy atom. The highest BCUT2D eigenvalue weighted by Gasteiger charge is 2.10. The number of carbonyl (C=O) groups excluding carboxylic acids is 1. The van der Waals surface area contributed by atoms with Gasteiger partial charge in [0.15, 0.2) is 0 Å². The van der Waals surface area contributed by atoms with Gasteiger partial charge in [0.25, 0.3) is 0 Å². The van der Waals surface area contributed by atoms with Gasteiger partial charge in [0.2, 0.25) is 0 Å². The van der Waals surface area contributed by atoms with E-state index in [1.807, 2.05) is 24.3 Å². The van der Waals surface area contributed by atoms with E-state index in [1.165, 1.54) is 61.6 Å². The SMILES string of the molecule is CCCCCCCCc1ccc2nc(-c3ccc(C(=O)OCCCCCC)cc3)sc2c1. The van der Waals surface area contributed by atoms with Crippen LogP contribution in [0.15, 0.2) is 42.5 Å². The Balaban J connectivity index is 1.55. The first kappa shape index (κ1) is 24.4. The number of fused-ring (bicyclic) bond motifs is 1. The monoisotopic (exact) mass is 451 g/mol. The van der Waals surface area contributed by atoms with Crippen molar-refractivity contribution >= 4 is 27.5 Å². The number of thiazole rings is 1. The van der Waals surface area contributed by atoms with Crippen molar-refractivity contribution in [3.05, 3.63) is 53.6 Å². The van der Waals surface area contributed by atoms with Gasteiger partial charge in [0.1, 0.15) is 5.01 Å². The molecule has 32 heavy (non-hydrogen) atoms. The van der Waals surface area contributed by atoms with E-state index in [1.54, 1.807) is 11.3 Å². The largest absolute Gasteiger partial charge is 0.462 e.